The van der Waals surface area contributed by atoms with Crippen molar-refractivity contribution < 1.29 is 19.8 Å². The third-order valence-electron chi connectivity index (χ3n) is 3.95. The van der Waals surface area contributed by atoms with Gasteiger partial charge in [0.15, 0.2) is 0 Å². The predicted octanol–water partition coefficient (Wildman–Crippen LogP) is 4.86. The van der Waals surface area contributed by atoms with Crippen LogP contribution in [-0.2, 0) is 9.59 Å². The van der Waals surface area contributed by atoms with E-state index in [-0.39, 0.29) is 5.92 Å². The van der Waals surface area contributed by atoms with Gasteiger partial charge in [-0.1, -0.05) is 64.7 Å². The molecular weight excluding hydrogens is 268 g/mol. The van der Waals surface area contributed by atoms with Gasteiger partial charge in [-0.05, 0) is 19.3 Å². The molecule has 1 rings (SSSR count). The maximum absolute atomic E-state index is 10.4. The number of unbranched alkanes of at least 4 members (excludes halogenated alkanes) is 6. The molecule has 0 aromatic heterocycles. The number of aliphatic carboxylic acids is 2. The average molecular weight is 300 g/mol. The van der Waals surface area contributed by atoms with Gasteiger partial charge in [-0.2, -0.15) is 0 Å². The summed E-state index contributed by atoms with van der Waals surface area (Å²) in [5, 5.41) is 16.9. The van der Waals surface area contributed by atoms with E-state index in [2.05, 4.69) is 6.92 Å². The van der Waals surface area contributed by atoms with Crippen molar-refractivity contribution >= 4 is 11.9 Å². The molecule has 21 heavy (non-hydrogen) atoms. The molecule has 4 nitrogen and oxygen atoms in total. The van der Waals surface area contributed by atoms with Gasteiger partial charge in [0.1, 0.15) is 0 Å². The van der Waals surface area contributed by atoms with Crippen molar-refractivity contribution in [2.24, 2.45) is 5.92 Å². The van der Waals surface area contributed by atoms with Crippen LogP contribution in [0.15, 0.2) is 0 Å². The summed E-state index contributed by atoms with van der Waals surface area (Å²) in [4.78, 5) is 20.5. The van der Waals surface area contributed by atoms with Crippen LogP contribution in [-0.4, -0.2) is 22.2 Å². The molecule has 1 aliphatic carbocycles. The molecule has 0 amide bonds. The highest BCUT2D eigenvalue weighted by atomic mass is 16.4. The monoisotopic (exact) mass is 300 g/mol. The average Bonchev–Trinajstić information content (AvgIpc) is 2.47. The summed E-state index contributed by atoms with van der Waals surface area (Å²) in [6.07, 6.45) is 13.9. The molecule has 0 unspecified atom stereocenters. The summed E-state index contributed by atoms with van der Waals surface area (Å²) in [5.41, 5.74) is 0. The number of rotatable bonds is 9. The lowest BCUT2D eigenvalue weighted by Gasteiger charge is -2.16. The minimum atomic E-state index is -0.663. The third-order valence-corrected chi connectivity index (χ3v) is 3.95. The Kier molecular flexibility index (Phi) is 13.2. The van der Waals surface area contributed by atoms with Gasteiger partial charge >= 0.3 is 11.9 Å². The predicted molar refractivity (Wildman–Crippen MR) is 84.5 cm³/mol. The Labute approximate surface area is 128 Å². The van der Waals surface area contributed by atoms with Gasteiger partial charge in [0.05, 0.1) is 5.92 Å². The number of hydrogen-bond acceptors (Lipinski definition) is 2. The molecule has 1 saturated carbocycles. The number of carboxylic acids is 2. The van der Waals surface area contributed by atoms with E-state index >= 15 is 0 Å². The minimum absolute atomic E-state index is 0.0289. The van der Waals surface area contributed by atoms with E-state index in [1.165, 1.54) is 38.5 Å². The van der Waals surface area contributed by atoms with E-state index < -0.39 is 11.9 Å². The molecule has 0 radical (unpaired) electrons. The molecule has 0 aromatic carbocycles. The fraction of sp³-hybridized carbons (Fsp3) is 0.882. The number of carboxylic acid groups (broad SMARTS) is 2. The van der Waals surface area contributed by atoms with Crippen LogP contribution >= 0.6 is 0 Å². The molecule has 0 spiro atoms. The summed E-state index contributed by atoms with van der Waals surface area (Å²) in [6.45, 7) is 2.20. The van der Waals surface area contributed by atoms with E-state index in [0.717, 1.165) is 38.5 Å². The standard InChI is InChI=1S/C10H20O2.C7H12O2/c1-2-3-4-5-6-7-8-9-10(11)12;8-7(9)6-4-2-1-3-5-6/h2-9H2,1H3,(H,11,12);6H,1-5H2,(H,8,9). The number of carbonyl (C=O) groups is 2. The first-order valence-electron chi connectivity index (χ1n) is 8.52. The summed E-state index contributed by atoms with van der Waals surface area (Å²) in [7, 11) is 0. The second-order valence-electron chi connectivity index (χ2n) is 5.94. The van der Waals surface area contributed by atoms with Crippen LogP contribution in [0.1, 0.15) is 90.4 Å². The molecule has 124 valence electrons. The van der Waals surface area contributed by atoms with Gasteiger partial charge in [0.25, 0.3) is 0 Å². The Morgan fingerprint density at radius 3 is 1.81 bits per heavy atom. The molecule has 0 aromatic rings. The molecule has 0 bridgehead atoms. The normalized spacial score (nSPS) is 15.1. The Morgan fingerprint density at radius 2 is 1.38 bits per heavy atom. The van der Waals surface area contributed by atoms with Crippen molar-refractivity contribution in [1.29, 1.82) is 0 Å². The highest BCUT2D eigenvalue weighted by Crippen LogP contribution is 2.23. The van der Waals surface area contributed by atoms with Crippen LogP contribution in [0.4, 0.5) is 0 Å². The lowest BCUT2D eigenvalue weighted by molar-refractivity contribution is -0.142. The van der Waals surface area contributed by atoms with Crippen LogP contribution in [0.25, 0.3) is 0 Å². The fourth-order valence-corrected chi connectivity index (χ4v) is 2.58. The molecule has 4 heteroatoms. The first-order chi connectivity index (χ1) is 10.1. The van der Waals surface area contributed by atoms with E-state index in [0.29, 0.717) is 6.42 Å². The first-order valence-corrected chi connectivity index (χ1v) is 8.52. The molecule has 0 atom stereocenters. The second kappa shape index (κ2) is 13.9. The van der Waals surface area contributed by atoms with E-state index in [9.17, 15) is 9.59 Å². The van der Waals surface area contributed by atoms with Crippen molar-refractivity contribution in [3.05, 3.63) is 0 Å². The maximum atomic E-state index is 10.4. The molecule has 1 fully saturated rings. The lowest BCUT2D eigenvalue weighted by atomic mass is 9.90. The zero-order chi connectivity index (χ0) is 15.9. The van der Waals surface area contributed by atoms with Crippen molar-refractivity contribution in [2.75, 3.05) is 0 Å². The van der Waals surface area contributed by atoms with Gasteiger partial charge in [-0.25, -0.2) is 0 Å². The summed E-state index contributed by atoms with van der Waals surface area (Å²) in [5.74, 6) is -1.29. The van der Waals surface area contributed by atoms with Gasteiger partial charge in [-0.15, -0.1) is 0 Å². The van der Waals surface area contributed by atoms with Gasteiger partial charge in [-0.3, -0.25) is 9.59 Å². The third kappa shape index (κ3) is 13.7. The molecule has 1 aliphatic rings. The largest absolute Gasteiger partial charge is 0.481 e. The molecular formula is C17H32O4. The molecule has 0 aliphatic heterocycles. The van der Waals surface area contributed by atoms with E-state index in [1.807, 2.05) is 0 Å². The van der Waals surface area contributed by atoms with Gasteiger partial charge < -0.3 is 10.2 Å². The van der Waals surface area contributed by atoms with Gasteiger partial charge in [0.2, 0.25) is 0 Å². The first kappa shape index (κ1) is 19.9. The van der Waals surface area contributed by atoms with Crippen LogP contribution in [0, 0.1) is 5.92 Å². The Bertz CT molecular complexity index is 270. The summed E-state index contributed by atoms with van der Waals surface area (Å²) >= 11 is 0. The SMILES string of the molecule is CCCCCCCCCC(=O)O.O=C(O)C1CCCCC1. The van der Waals surface area contributed by atoms with E-state index in [1.54, 1.807) is 0 Å². The molecule has 2 N–H and O–H groups in total. The van der Waals surface area contributed by atoms with Crippen LogP contribution in [0.2, 0.25) is 0 Å². The Balaban J connectivity index is 0.000000394. The quantitative estimate of drug-likeness (QED) is 0.596. The van der Waals surface area contributed by atoms with Crippen LogP contribution in [0.5, 0.6) is 0 Å². The smallest absolute Gasteiger partial charge is 0.306 e. The highest BCUT2D eigenvalue weighted by Gasteiger charge is 2.19. The highest BCUT2D eigenvalue weighted by molar-refractivity contribution is 5.69. The lowest BCUT2D eigenvalue weighted by Crippen LogP contribution is -2.16. The molecule has 0 heterocycles. The van der Waals surface area contributed by atoms with Gasteiger partial charge in [0, 0.05) is 6.42 Å². The van der Waals surface area contributed by atoms with Crippen molar-refractivity contribution in [2.45, 2.75) is 90.4 Å². The van der Waals surface area contributed by atoms with Crippen molar-refractivity contribution in [3.63, 3.8) is 0 Å². The second-order valence-corrected chi connectivity index (χ2v) is 5.94. The van der Waals surface area contributed by atoms with Crippen molar-refractivity contribution in [1.82, 2.24) is 0 Å². The molecule has 0 saturated heterocycles. The zero-order valence-corrected chi connectivity index (χ0v) is 13.5. The van der Waals surface area contributed by atoms with Crippen LogP contribution in [0.3, 0.4) is 0 Å². The number of hydrogen-bond donors (Lipinski definition) is 2. The minimum Gasteiger partial charge on any atom is -0.481 e. The maximum Gasteiger partial charge on any atom is 0.306 e. The summed E-state index contributed by atoms with van der Waals surface area (Å²) < 4.78 is 0. The summed E-state index contributed by atoms with van der Waals surface area (Å²) in [6, 6.07) is 0. The van der Waals surface area contributed by atoms with Crippen molar-refractivity contribution in [3.8, 4) is 0 Å². The topological polar surface area (TPSA) is 74.6 Å². The Morgan fingerprint density at radius 1 is 0.857 bits per heavy atom. The van der Waals surface area contributed by atoms with E-state index in [4.69, 9.17) is 10.2 Å². The van der Waals surface area contributed by atoms with Crippen LogP contribution < -0.4 is 0 Å². The fourth-order valence-electron chi connectivity index (χ4n) is 2.58. The zero-order valence-electron chi connectivity index (χ0n) is 13.5. The Hall–Kier alpha value is -1.06.